The maximum atomic E-state index is 14.4. The standard InChI is InChI=1S/2C20H28ClF.2C16H22ClF.2C16H22F2.8H2/c2*1-13-3-6-15(7-4-13)16-8-10-17(11-9-16)18-12-5-14(2)19(21)20(18)22;2*1-11-3-6-13(7-4-11)8-10-14-9-5-12(2)16(18)15(14)17;2*1-11-3-6-13(7-4-11)8-10-14-9-5-12(2)15(17)16(14)18;;;;;;;;/h2*5,12-13,15-17H,3-4,6-11H2,1-2H3;4*5,9,11,13H,3-4,6-8,10H2,1-2H3;8*1H. The summed E-state index contributed by atoms with van der Waals surface area (Å²) in [6.07, 6.45) is 49.2. The molecule has 8 fully saturated rings. The van der Waals surface area contributed by atoms with E-state index in [-0.39, 0.29) is 34.7 Å². The van der Waals surface area contributed by atoms with Crippen LogP contribution in [0.2, 0.25) is 20.1 Å². The zero-order valence-electron chi connectivity index (χ0n) is 73.0. The van der Waals surface area contributed by atoms with Gasteiger partial charge in [0.2, 0.25) is 0 Å². The third kappa shape index (κ3) is 28.5. The second kappa shape index (κ2) is 47.5. The molecular weight excluding hydrogens is 1540 g/mol. The molecule has 0 amide bonds. The minimum Gasteiger partial charge on any atom is -0.205 e. The fraction of sp³-hybridized carbons (Fsp3) is 0.654. The second-order valence-electron chi connectivity index (χ2n) is 38.8. The van der Waals surface area contributed by atoms with Crippen molar-refractivity contribution in [1.82, 2.24) is 0 Å². The lowest BCUT2D eigenvalue weighted by molar-refractivity contribution is 0.164. The van der Waals surface area contributed by atoms with Crippen molar-refractivity contribution >= 4 is 46.4 Å². The number of hydrogen-bond donors (Lipinski definition) is 0. The summed E-state index contributed by atoms with van der Waals surface area (Å²) in [7, 11) is 0. The third-order valence-corrected chi connectivity index (χ3v) is 31.5. The van der Waals surface area contributed by atoms with Gasteiger partial charge in [-0.3, -0.25) is 0 Å². The smallest absolute Gasteiger partial charge is 0.162 e. The van der Waals surface area contributed by atoms with Crippen molar-refractivity contribution in [2.45, 2.75) is 352 Å². The Hall–Kier alpha value is -4.08. The molecule has 12 heteroatoms. The first kappa shape index (κ1) is 95.8. The number of aryl methyl sites for hydroxylation is 10. The molecule has 8 aliphatic rings. The monoisotopic (exact) mass is 1700 g/mol. The molecule has 6 aromatic carbocycles. The average Bonchev–Trinajstić information content (AvgIpc) is 0.826. The first-order valence-corrected chi connectivity index (χ1v) is 47.6. The molecule has 6 aromatic rings. The molecule has 8 aliphatic carbocycles. The highest BCUT2D eigenvalue weighted by Crippen LogP contribution is 2.48. The van der Waals surface area contributed by atoms with E-state index in [1.54, 1.807) is 52.0 Å². The lowest BCUT2D eigenvalue weighted by Crippen LogP contribution is -2.25. The Kier molecular flexibility index (Phi) is 39.2. The van der Waals surface area contributed by atoms with E-state index in [0.29, 0.717) is 90.0 Å². The lowest BCUT2D eigenvalue weighted by Gasteiger charge is -2.37. The van der Waals surface area contributed by atoms with Gasteiger partial charge in [-0.25, -0.2) is 35.1 Å². The number of halogens is 12. The van der Waals surface area contributed by atoms with Crippen molar-refractivity contribution in [1.29, 1.82) is 0 Å². The molecule has 0 aliphatic heterocycles. The maximum absolute atomic E-state index is 14.4. The minimum absolute atomic E-state index is 0. The minimum atomic E-state index is -0.676. The van der Waals surface area contributed by atoms with Gasteiger partial charge in [-0.15, -0.1) is 0 Å². The van der Waals surface area contributed by atoms with Gasteiger partial charge in [0, 0.05) is 11.4 Å². The quantitative estimate of drug-likeness (QED) is 0.0848. The molecule has 0 heterocycles. The van der Waals surface area contributed by atoms with Gasteiger partial charge in [0.25, 0.3) is 0 Å². The summed E-state index contributed by atoms with van der Waals surface area (Å²) in [4.78, 5) is 0. The van der Waals surface area contributed by atoms with Gasteiger partial charge >= 0.3 is 0 Å². The summed E-state index contributed by atoms with van der Waals surface area (Å²) in [6.45, 7) is 24.5. The van der Waals surface area contributed by atoms with Crippen molar-refractivity contribution in [2.24, 2.45) is 82.9 Å². The van der Waals surface area contributed by atoms with E-state index < -0.39 is 23.3 Å². The van der Waals surface area contributed by atoms with Gasteiger partial charge in [-0.1, -0.05) is 289 Å². The molecule has 8 saturated carbocycles. The van der Waals surface area contributed by atoms with E-state index in [1.807, 2.05) is 62.4 Å². The van der Waals surface area contributed by atoms with Gasteiger partial charge < -0.3 is 0 Å². The summed E-state index contributed by atoms with van der Waals surface area (Å²) in [6, 6.07) is 22.3. The van der Waals surface area contributed by atoms with Crippen molar-refractivity contribution in [3.8, 4) is 0 Å². The van der Waals surface area contributed by atoms with Crippen LogP contribution in [0.15, 0.2) is 72.8 Å². The zero-order chi connectivity index (χ0) is 83.9. The van der Waals surface area contributed by atoms with E-state index in [0.717, 1.165) is 169 Å². The molecule has 660 valence electrons. The van der Waals surface area contributed by atoms with Crippen molar-refractivity contribution in [3.63, 3.8) is 0 Å². The second-order valence-corrected chi connectivity index (χ2v) is 40.3. The van der Waals surface area contributed by atoms with Crippen molar-refractivity contribution in [2.75, 3.05) is 0 Å². The molecule has 0 atom stereocenters. The molecule has 0 N–H and O–H groups in total. The van der Waals surface area contributed by atoms with E-state index >= 15 is 0 Å². The normalized spacial score (nSPS) is 27.5. The summed E-state index contributed by atoms with van der Waals surface area (Å²) in [5, 5.41) is 1.31. The first-order chi connectivity index (χ1) is 55.4. The van der Waals surface area contributed by atoms with E-state index in [1.165, 1.54) is 180 Å². The Morgan fingerprint density at radius 2 is 0.431 bits per heavy atom. The Balaban J connectivity index is 0.000000736. The summed E-state index contributed by atoms with van der Waals surface area (Å²) in [5.41, 5.74) is 8.46. The van der Waals surface area contributed by atoms with E-state index in [9.17, 15) is 35.1 Å². The molecule has 0 nitrogen and oxygen atoms in total. The van der Waals surface area contributed by atoms with Crippen LogP contribution >= 0.6 is 46.4 Å². The largest absolute Gasteiger partial charge is 0.205 e. The van der Waals surface area contributed by atoms with Gasteiger partial charge in [0.1, 0.15) is 23.3 Å². The van der Waals surface area contributed by atoms with Crippen LogP contribution in [-0.2, 0) is 25.7 Å². The Labute approximate surface area is 729 Å². The molecular formula is C104H160Cl4F8. The molecule has 116 heavy (non-hydrogen) atoms. The van der Waals surface area contributed by atoms with E-state index in [2.05, 4.69) is 41.5 Å². The van der Waals surface area contributed by atoms with Crippen LogP contribution in [0.4, 0.5) is 35.1 Å². The van der Waals surface area contributed by atoms with Crippen LogP contribution < -0.4 is 0 Å². The van der Waals surface area contributed by atoms with Gasteiger partial charge in [0.05, 0.1) is 20.1 Å². The lowest BCUT2D eigenvalue weighted by atomic mass is 9.68. The first-order valence-electron chi connectivity index (χ1n) is 46.1. The Morgan fingerprint density at radius 3 is 0.690 bits per heavy atom. The molecule has 0 spiro atoms. The number of benzene rings is 6. The fourth-order valence-electron chi connectivity index (χ4n) is 20.7. The molecule has 0 aromatic heterocycles. The number of rotatable bonds is 16. The highest BCUT2D eigenvalue weighted by Gasteiger charge is 2.35. The molecule has 14 rings (SSSR count). The summed E-state index contributed by atoms with van der Waals surface area (Å²) >= 11 is 24.3. The topological polar surface area (TPSA) is 0 Å². The maximum Gasteiger partial charge on any atom is 0.162 e. The van der Waals surface area contributed by atoms with Crippen LogP contribution in [0.5, 0.6) is 0 Å². The van der Waals surface area contributed by atoms with Gasteiger partial charge in [-0.2, -0.15) is 0 Å². The zero-order valence-corrected chi connectivity index (χ0v) is 76.0. The van der Waals surface area contributed by atoms with Crippen LogP contribution in [-0.4, -0.2) is 0 Å². The number of hydrogen-bond acceptors (Lipinski definition) is 0. The highest BCUT2D eigenvalue weighted by molar-refractivity contribution is 6.32. The third-order valence-electron chi connectivity index (χ3n) is 29.7. The van der Waals surface area contributed by atoms with Crippen LogP contribution in [0.1, 0.15) is 363 Å². The molecule has 0 bridgehead atoms. The van der Waals surface area contributed by atoms with Crippen molar-refractivity contribution < 1.29 is 46.5 Å². The highest BCUT2D eigenvalue weighted by atomic mass is 35.5. The average molecular weight is 1700 g/mol. The van der Waals surface area contributed by atoms with Crippen LogP contribution in [0, 0.1) is 171 Å². The summed E-state index contributed by atoms with van der Waals surface area (Å²) in [5.74, 6) is 9.25. The molecule has 0 unspecified atom stereocenters. The Bertz CT molecular complexity index is 3580. The van der Waals surface area contributed by atoms with Gasteiger partial charge in [0.15, 0.2) is 23.3 Å². The summed E-state index contributed by atoms with van der Waals surface area (Å²) < 4.78 is 110. The molecule has 0 saturated heterocycles. The van der Waals surface area contributed by atoms with Crippen LogP contribution in [0.3, 0.4) is 0 Å². The van der Waals surface area contributed by atoms with Gasteiger partial charge in [-0.05, 0) is 331 Å². The van der Waals surface area contributed by atoms with Crippen LogP contribution in [0.25, 0.3) is 0 Å². The molecule has 0 radical (unpaired) electrons. The van der Waals surface area contributed by atoms with E-state index in [4.69, 9.17) is 46.4 Å². The SMILES string of the molecule is Cc1ccc(C2CCC(C3CCC(C)CC3)CC2)c(F)c1Cl.Cc1ccc(C2CCC(C3CCC(C)CC3)CC2)c(F)c1Cl.Cc1ccc(CCC2CCC(C)CC2)c(Cl)c1F.Cc1ccc(CCC2CCC(C)CC2)c(Cl)c1F.Cc1ccc(CCC2CCC(C)CC2)c(F)c1F.Cc1ccc(CCC2CCC(C)CC2)c(F)c1F.[HH].[HH].[HH].[HH].[HH].[HH].[HH].[HH]. The Morgan fingerprint density at radius 1 is 0.224 bits per heavy atom. The predicted octanol–water partition coefficient (Wildman–Crippen LogP) is 36.9. The predicted molar refractivity (Wildman–Crippen MR) is 493 cm³/mol. The van der Waals surface area contributed by atoms with Crippen molar-refractivity contribution in [3.05, 3.63) is 206 Å². The fourth-order valence-corrected chi connectivity index (χ4v) is 21.7.